The van der Waals surface area contributed by atoms with E-state index in [1.807, 2.05) is 36.4 Å². The van der Waals surface area contributed by atoms with Crippen LogP contribution in [0.4, 0.5) is 4.79 Å². The second-order valence-electron chi connectivity index (χ2n) is 8.83. The van der Waals surface area contributed by atoms with E-state index in [0.29, 0.717) is 19.3 Å². The van der Waals surface area contributed by atoms with Crippen molar-refractivity contribution in [2.45, 2.75) is 56.5 Å². The summed E-state index contributed by atoms with van der Waals surface area (Å²) in [6.45, 7) is 3.48. The molecule has 3 N–H and O–H groups in total. The van der Waals surface area contributed by atoms with Gasteiger partial charge in [-0.3, -0.25) is 4.79 Å². The van der Waals surface area contributed by atoms with E-state index in [1.165, 1.54) is 0 Å². The first-order valence-electron chi connectivity index (χ1n) is 11.0. The summed E-state index contributed by atoms with van der Waals surface area (Å²) in [4.78, 5) is 37.1. The van der Waals surface area contributed by atoms with Crippen molar-refractivity contribution < 1.29 is 24.2 Å². The minimum atomic E-state index is -1.28. The first-order chi connectivity index (χ1) is 15.3. The summed E-state index contributed by atoms with van der Waals surface area (Å²) in [7, 11) is 0. The first kappa shape index (κ1) is 21.9. The monoisotopic (exact) mass is 436 g/mol. The lowest BCUT2D eigenvalue weighted by atomic mass is 9.76. The molecule has 0 heterocycles. The van der Waals surface area contributed by atoms with E-state index < -0.39 is 29.0 Å². The SMILES string of the molecule is CCC(C)(NC(=O)OCC1c2ccccc2-c2ccccc21)C(=O)NC1(C(=O)O)CCC1. The van der Waals surface area contributed by atoms with E-state index >= 15 is 0 Å². The molecule has 2 aromatic carbocycles. The van der Waals surface area contributed by atoms with Gasteiger partial charge in [-0.15, -0.1) is 0 Å². The van der Waals surface area contributed by atoms with Gasteiger partial charge in [0.15, 0.2) is 0 Å². The molecule has 0 radical (unpaired) electrons. The molecule has 0 spiro atoms. The van der Waals surface area contributed by atoms with Crippen LogP contribution in [0, 0.1) is 0 Å². The highest BCUT2D eigenvalue weighted by molar-refractivity contribution is 5.94. The Kier molecular flexibility index (Phi) is 5.67. The largest absolute Gasteiger partial charge is 0.480 e. The van der Waals surface area contributed by atoms with E-state index in [-0.39, 0.29) is 12.5 Å². The fraction of sp³-hybridized carbons (Fsp3) is 0.400. The maximum absolute atomic E-state index is 12.9. The fourth-order valence-corrected chi connectivity index (χ4v) is 4.44. The smallest absolute Gasteiger partial charge is 0.408 e. The van der Waals surface area contributed by atoms with E-state index in [0.717, 1.165) is 28.7 Å². The molecule has 1 saturated carbocycles. The number of nitrogens with one attached hydrogen (secondary N) is 2. The van der Waals surface area contributed by atoms with Crippen molar-refractivity contribution in [3.05, 3.63) is 59.7 Å². The van der Waals surface area contributed by atoms with Gasteiger partial charge in [0.1, 0.15) is 17.7 Å². The summed E-state index contributed by atoms with van der Waals surface area (Å²) >= 11 is 0. The summed E-state index contributed by atoms with van der Waals surface area (Å²) in [5.41, 5.74) is 1.96. The first-order valence-corrected chi connectivity index (χ1v) is 11.0. The summed E-state index contributed by atoms with van der Waals surface area (Å²) in [5, 5.41) is 14.8. The average Bonchev–Trinajstić information content (AvgIpc) is 3.08. The second-order valence-corrected chi connectivity index (χ2v) is 8.83. The topological polar surface area (TPSA) is 105 Å². The predicted molar refractivity (Wildman–Crippen MR) is 119 cm³/mol. The summed E-state index contributed by atoms with van der Waals surface area (Å²) in [6, 6.07) is 16.1. The quantitative estimate of drug-likeness (QED) is 0.612. The van der Waals surface area contributed by atoms with Crippen LogP contribution in [0.3, 0.4) is 0 Å². The molecular weight excluding hydrogens is 408 g/mol. The Balaban J connectivity index is 1.43. The van der Waals surface area contributed by atoms with Gasteiger partial charge in [-0.1, -0.05) is 55.5 Å². The highest BCUT2D eigenvalue weighted by atomic mass is 16.5. The standard InChI is InChI=1S/C25H28N2O5/c1-3-24(2,21(28)26-25(22(29)30)13-8-14-25)27-23(31)32-15-20-18-11-6-4-9-16(18)17-10-5-7-12-19(17)20/h4-7,9-12,20H,3,8,13-15H2,1-2H3,(H,26,28)(H,27,31)(H,29,30). The molecule has 2 aliphatic rings. The lowest BCUT2D eigenvalue weighted by molar-refractivity contribution is -0.152. The third kappa shape index (κ3) is 3.72. The minimum Gasteiger partial charge on any atom is -0.480 e. The number of carboxylic acids is 1. The summed E-state index contributed by atoms with van der Waals surface area (Å²) in [5.74, 6) is -1.65. The Morgan fingerprint density at radius 2 is 1.62 bits per heavy atom. The molecule has 32 heavy (non-hydrogen) atoms. The van der Waals surface area contributed by atoms with Crippen molar-refractivity contribution in [1.29, 1.82) is 0 Å². The van der Waals surface area contributed by atoms with Crippen LogP contribution in [-0.2, 0) is 14.3 Å². The number of amides is 2. The Morgan fingerprint density at radius 1 is 1.06 bits per heavy atom. The Labute approximate surface area is 187 Å². The Bertz CT molecular complexity index is 1020. The van der Waals surface area contributed by atoms with Crippen molar-refractivity contribution in [3.8, 4) is 11.1 Å². The zero-order valence-electron chi connectivity index (χ0n) is 18.3. The van der Waals surface area contributed by atoms with Gasteiger partial charge in [-0.05, 0) is 54.9 Å². The number of ether oxygens (including phenoxy) is 1. The van der Waals surface area contributed by atoms with E-state index in [4.69, 9.17) is 4.74 Å². The van der Waals surface area contributed by atoms with Crippen molar-refractivity contribution >= 4 is 18.0 Å². The highest BCUT2D eigenvalue weighted by Gasteiger charge is 2.48. The molecule has 2 aliphatic carbocycles. The van der Waals surface area contributed by atoms with Gasteiger partial charge in [-0.2, -0.15) is 0 Å². The predicted octanol–water partition coefficient (Wildman–Crippen LogP) is 3.82. The summed E-state index contributed by atoms with van der Waals surface area (Å²) < 4.78 is 5.56. The molecule has 0 bridgehead atoms. The van der Waals surface area contributed by atoms with Crippen LogP contribution in [0.1, 0.15) is 56.6 Å². The normalized spacial score (nSPS) is 17.8. The van der Waals surface area contributed by atoms with E-state index in [1.54, 1.807) is 13.8 Å². The maximum atomic E-state index is 12.9. The molecule has 2 amide bonds. The average molecular weight is 437 g/mol. The van der Waals surface area contributed by atoms with Crippen LogP contribution in [0.5, 0.6) is 0 Å². The van der Waals surface area contributed by atoms with Crippen LogP contribution < -0.4 is 10.6 Å². The van der Waals surface area contributed by atoms with Gasteiger partial charge < -0.3 is 20.5 Å². The van der Waals surface area contributed by atoms with Crippen LogP contribution in [0.2, 0.25) is 0 Å². The van der Waals surface area contributed by atoms with Gasteiger partial charge in [0.05, 0.1) is 0 Å². The molecule has 4 rings (SSSR count). The molecule has 1 unspecified atom stereocenters. The lowest BCUT2D eigenvalue weighted by Gasteiger charge is -2.41. The number of fused-ring (bicyclic) bond motifs is 3. The van der Waals surface area contributed by atoms with Crippen molar-refractivity contribution in [2.24, 2.45) is 0 Å². The molecule has 1 fully saturated rings. The van der Waals surface area contributed by atoms with Crippen molar-refractivity contribution in [1.82, 2.24) is 10.6 Å². The van der Waals surface area contributed by atoms with E-state index in [2.05, 4.69) is 22.8 Å². The maximum Gasteiger partial charge on any atom is 0.408 e. The minimum absolute atomic E-state index is 0.0832. The number of hydrogen-bond acceptors (Lipinski definition) is 4. The third-order valence-electron chi connectivity index (χ3n) is 6.90. The lowest BCUT2D eigenvalue weighted by Crippen LogP contribution is -2.66. The summed E-state index contributed by atoms with van der Waals surface area (Å²) in [6.07, 6.45) is 1.11. The number of benzene rings is 2. The van der Waals surface area contributed by atoms with Crippen LogP contribution >= 0.6 is 0 Å². The van der Waals surface area contributed by atoms with Gasteiger partial charge in [0.2, 0.25) is 5.91 Å². The molecule has 2 aromatic rings. The zero-order valence-corrected chi connectivity index (χ0v) is 18.3. The van der Waals surface area contributed by atoms with Gasteiger partial charge in [0.25, 0.3) is 0 Å². The fourth-order valence-electron chi connectivity index (χ4n) is 4.44. The van der Waals surface area contributed by atoms with Crippen molar-refractivity contribution in [3.63, 3.8) is 0 Å². The van der Waals surface area contributed by atoms with Crippen molar-refractivity contribution in [2.75, 3.05) is 6.61 Å². The van der Waals surface area contributed by atoms with Crippen LogP contribution in [0.15, 0.2) is 48.5 Å². The van der Waals surface area contributed by atoms with E-state index in [9.17, 15) is 19.5 Å². The number of aliphatic carboxylic acids is 1. The number of rotatable bonds is 7. The molecule has 7 nitrogen and oxygen atoms in total. The molecule has 168 valence electrons. The number of carboxylic acid groups (broad SMARTS) is 1. The number of hydrogen-bond donors (Lipinski definition) is 3. The molecule has 0 aliphatic heterocycles. The molecule has 1 atom stereocenters. The van der Waals surface area contributed by atoms with Gasteiger partial charge >= 0.3 is 12.1 Å². The van der Waals surface area contributed by atoms with Crippen LogP contribution in [0.25, 0.3) is 11.1 Å². The van der Waals surface area contributed by atoms with Gasteiger partial charge in [-0.25, -0.2) is 9.59 Å². The second kappa shape index (κ2) is 8.30. The number of alkyl carbamates (subject to hydrolysis) is 1. The molecule has 7 heteroatoms. The number of carbonyl (C=O) groups is 3. The Morgan fingerprint density at radius 3 is 2.09 bits per heavy atom. The molecular formula is C25H28N2O5. The number of carbonyl (C=O) groups excluding carboxylic acids is 2. The molecule has 0 saturated heterocycles. The highest BCUT2D eigenvalue weighted by Crippen LogP contribution is 2.44. The Hall–Kier alpha value is -3.35. The van der Waals surface area contributed by atoms with Crippen LogP contribution in [-0.4, -0.2) is 40.8 Å². The third-order valence-corrected chi connectivity index (χ3v) is 6.90. The molecule has 0 aromatic heterocycles. The zero-order chi connectivity index (χ0) is 22.9. The van der Waals surface area contributed by atoms with Gasteiger partial charge in [0, 0.05) is 5.92 Å².